The Morgan fingerprint density at radius 2 is 1.77 bits per heavy atom. The Morgan fingerprint density at radius 1 is 1.04 bits per heavy atom. The molecule has 5 nitrogen and oxygen atoms in total. The van der Waals surface area contributed by atoms with Gasteiger partial charge in [0.2, 0.25) is 5.91 Å². The number of nitrogens with zero attached hydrogens (tertiary/aromatic N) is 1. The van der Waals surface area contributed by atoms with E-state index >= 15 is 0 Å². The first kappa shape index (κ1) is 18.3. The molecule has 5 heteroatoms. The van der Waals surface area contributed by atoms with Crippen molar-refractivity contribution in [3.05, 3.63) is 60.2 Å². The van der Waals surface area contributed by atoms with E-state index in [1.165, 1.54) is 11.3 Å². The van der Waals surface area contributed by atoms with Crippen molar-refractivity contribution < 1.29 is 14.3 Å². The van der Waals surface area contributed by atoms with E-state index in [9.17, 15) is 4.79 Å². The number of carbonyl (C=O) groups excluding carboxylic acids is 1. The summed E-state index contributed by atoms with van der Waals surface area (Å²) in [6.45, 7) is 4.51. The van der Waals surface area contributed by atoms with Crippen LogP contribution in [0, 0.1) is 0 Å². The molecular formula is C21H26N2O3. The summed E-state index contributed by atoms with van der Waals surface area (Å²) in [6, 6.07) is 18.1. The first-order valence-corrected chi connectivity index (χ1v) is 9.17. The summed E-state index contributed by atoms with van der Waals surface area (Å²) >= 11 is 0. The third-order valence-electron chi connectivity index (χ3n) is 4.39. The molecule has 0 saturated carbocycles. The molecule has 138 valence electrons. The van der Waals surface area contributed by atoms with Gasteiger partial charge in [0, 0.05) is 25.3 Å². The highest BCUT2D eigenvalue weighted by molar-refractivity contribution is 5.76. The van der Waals surface area contributed by atoms with Crippen LogP contribution in [0.5, 0.6) is 5.75 Å². The molecule has 1 saturated heterocycles. The normalized spacial score (nSPS) is 14.1. The van der Waals surface area contributed by atoms with E-state index in [0.717, 1.165) is 38.5 Å². The predicted molar refractivity (Wildman–Crippen MR) is 103 cm³/mol. The highest BCUT2D eigenvalue weighted by Gasteiger charge is 2.10. The van der Waals surface area contributed by atoms with E-state index < -0.39 is 0 Å². The van der Waals surface area contributed by atoms with E-state index in [-0.39, 0.29) is 5.91 Å². The van der Waals surface area contributed by atoms with Gasteiger partial charge in [-0.2, -0.15) is 0 Å². The molecule has 2 aromatic carbocycles. The monoisotopic (exact) mass is 354 g/mol. The van der Waals surface area contributed by atoms with Crippen LogP contribution in [0.3, 0.4) is 0 Å². The Labute approximate surface area is 154 Å². The molecule has 1 heterocycles. The zero-order valence-electron chi connectivity index (χ0n) is 15.0. The second-order valence-electron chi connectivity index (χ2n) is 6.28. The number of nitrogens with one attached hydrogen (secondary N) is 1. The van der Waals surface area contributed by atoms with Crippen molar-refractivity contribution in [2.24, 2.45) is 0 Å². The van der Waals surface area contributed by atoms with Crippen molar-refractivity contribution in [2.75, 3.05) is 44.4 Å². The fourth-order valence-corrected chi connectivity index (χ4v) is 2.91. The van der Waals surface area contributed by atoms with Gasteiger partial charge in [0.1, 0.15) is 5.75 Å². The maximum absolute atomic E-state index is 11.9. The summed E-state index contributed by atoms with van der Waals surface area (Å²) in [5.74, 6) is 0.812. The number of rotatable bonds is 8. The molecule has 1 fully saturated rings. The van der Waals surface area contributed by atoms with E-state index in [1.54, 1.807) is 0 Å². The molecule has 0 aromatic heterocycles. The molecule has 1 aliphatic rings. The first-order valence-electron chi connectivity index (χ1n) is 9.17. The van der Waals surface area contributed by atoms with Crippen molar-refractivity contribution >= 4 is 11.6 Å². The lowest BCUT2D eigenvalue weighted by Gasteiger charge is -2.28. The van der Waals surface area contributed by atoms with Gasteiger partial charge in [0.25, 0.3) is 0 Å². The SMILES string of the molecule is O=C(CCOc1ccccc1)NCCc1ccc(N2CCOCC2)cc1. The molecule has 1 N–H and O–H groups in total. The Morgan fingerprint density at radius 3 is 2.50 bits per heavy atom. The average molecular weight is 354 g/mol. The predicted octanol–water partition coefficient (Wildman–Crippen LogP) is 2.65. The Kier molecular flexibility index (Phi) is 6.90. The highest BCUT2D eigenvalue weighted by atomic mass is 16.5. The van der Waals surface area contributed by atoms with Gasteiger partial charge in [-0.1, -0.05) is 30.3 Å². The lowest BCUT2D eigenvalue weighted by molar-refractivity contribution is -0.121. The topological polar surface area (TPSA) is 50.8 Å². The summed E-state index contributed by atoms with van der Waals surface area (Å²) in [5, 5.41) is 2.95. The quantitative estimate of drug-likeness (QED) is 0.792. The molecular weight excluding hydrogens is 328 g/mol. The molecule has 0 bridgehead atoms. The molecule has 1 amide bonds. The summed E-state index contributed by atoms with van der Waals surface area (Å²) in [4.78, 5) is 14.2. The number of ether oxygens (including phenoxy) is 2. The summed E-state index contributed by atoms with van der Waals surface area (Å²) < 4.78 is 10.9. The minimum absolute atomic E-state index is 0.0193. The third-order valence-corrected chi connectivity index (χ3v) is 4.39. The van der Waals surface area contributed by atoms with Gasteiger partial charge >= 0.3 is 0 Å². The van der Waals surface area contributed by atoms with Gasteiger partial charge in [-0.05, 0) is 36.2 Å². The standard InChI is InChI=1S/C21H26N2O3/c24-21(11-15-26-20-4-2-1-3-5-20)22-12-10-18-6-8-19(9-7-18)23-13-16-25-17-14-23/h1-9H,10-17H2,(H,22,24). The van der Waals surface area contributed by atoms with Gasteiger partial charge in [-0.15, -0.1) is 0 Å². The number of benzene rings is 2. The number of hydrogen-bond acceptors (Lipinski definition) is 4. The Bertz CT molecular complexity index is 667. The van der Waals surface area contributed by atoms with Crippen molar-refractivity contribution in [1.29, 1.82) is 0 Å². The second kappa shape index (κ2) is 9.82. The molecule has 0 aliphatic carbocycles. The number of hydrogen-bond donors (Lipinski definition) is 1. The van der Waals surface area contributed by atoms with Gasteiger partial charge < -0.3 is 19.7 Å². The van der Waals surface area contributed by atoms with Crippen LogP contribution in [0.25, 0.3) is 0 Å². The Hall–Kier alpha value is -2.53. The van der Waals surface area contributed by atoms with Crippen LogP contribution >= 0.6 is 0 Å². The maximum Gasteiger partial charge on any atom is 0.223 e. The van der Waals surface area contributed by atoms with Gasteiger partial charge in [-0.25, -0.2) is 0 Å². The summed E-state index contributed by atoms with van der Waals surface area (Å²) in [7, 11) is 0. The number of anilines is 1. The molecule has 0 unspecified atom stereocenters. The van der Waals surface area contributed by atoms with Gasteiger partial charge in [0.05, 0.1) is 26.2 Å². The Balaban J connectivity index is 1.33. The largest absolute Gasteiger partial charge is 0.493 e. The van der Waals surface area contributed by atoms with Crippen molar-refractivity contribution in [3.8, 4) is 5.75 Å². The van der Waals surface area contributed by atoms with Crippen LogP contribution in [-0.2, 0) is 16.0 Å². The average Bonchev–Trinajstić information content (AvgIpc) is 2.70. The molecule has 0 radical (unpaired) electrons. The van der Waals surface area contributed by atoms with Gasteiger partial charge in [-0.3, -0.25) is 4.79 Å². The number of morpholine rings is 1. The number of carbonyl (C=O) groups is 1. The highest BCUT2D eigenvalue weighted by Crippen LogP contribution is 2.16. The fraction of sp³-hybridized carbons (Fsp3) is 0.381. The number of para-hydroxylation sites is 1. The fourth-order valence-electron chi connectivity index (χ4n) is 2.91. The maximum atomic E-state index is 11.9. The van der Waals surface area contributed by atoms with Crippen molar-refractivity contribution in [1.82, 2.24) is 5.32 Å². The second-order valence-corrected chi connectivity index (χ2v) is 6.28. The van der Waals surface area contributed by atoms with Crippen LogP contribution in [0.15, 0.2) is 54.6 Å². The van der Waals surface area contributed by atoms with Crippen LogP contribution in [-0.4, -0.2) is 45.4 Å². The van der Waals surface area contributed by atoms with E-state index in [1.807, 2.05) is 30.3 Å². The van der Waals surface area contributed by atoms with Gasteiger partial charge in [0.15, 0.2) is 0 Å². The van der Waals surface area contributed by atoms with Crippen LogP contribution in [0.1, 0.15) is 12.0 Å². The minimum Gasteiger partial charge on any atom is -0.493 e. The molecule has 26 heavy (non-hydrogen) atoms. The lowest BCUT2D eigenvalue weighted by Crippen LogP contribution is -2.36. The third kappa shape index (κ3) is 5.77. The van der Waals surface area contributed by atoms with E-state index in [2.05, 4.69) is 34.5 Å². The zero-order chi connectivity index (χ0) is 18.0. The van der Waals surface area contributed by atoms with E-state index in [4.69, 9.17) is 9.47 Å². The molecule has 0 atom stereocenters. The van der Waals surface area contributed by atoms with Crippen molar-refractivity contribution in [3.63, 3.8) is 0 Å². The van der Waals surface area contributed by atoms with Crippen LogP contribution in [0.2, 0.25) is 0 Å². The summed E-state index contributed by atoms with van der Waals surface area (Å²) in [6.07, 6.45) is 1.19. The van der Waals surface area contributed by atoms with E-state index in [0.29, 0.717) is 19.6 Å². The number of amides is 1. The first-order chi connectivity index (χ1) is 12.8. The van der Waals surface area contributed by atoms with Crippen molar-refractivity contribution in [2.45, 2.75) is 12.8 Å². The minimum atomic E-state index is 0.0193. The summed E-state index contributed by atoms with van der Waals surface area (Å²) in [5.41, 5.74) is 2.46. The molecule has 1 aliphatic heterocycles. The molecule has 2 aromatic rings. The lowest BCUT2D eigenvalue weighted by atomic mass is 10.1. The zero-order valence-corrected chi connectivity index (χ0v) is 15.0. The van der Waals surface area contributed by atoms with Crippen LogP contribution < -0.4 is 15.0 Å². The molecule has 3 rings (SSSR count). The molecule has 0 spiro atoms. The van der Waals surface area contributed by atoms with Crippen LogP contribution in [0.4, 0.5) is 5.69 Å². The smallest absolute Gasteiger partial charge is 0.223 e.